The summed E-state index contributed by atoms with van der Waals surface area (Å²) in [6.45, 7) is 2.37. The van der Waals surface area contributed by atoms with E-state index in [9.17, 15) is 9.59 Å². The summed E-state index contributed by atoms with van der Waals surface area (Å²) in [7, 11) is 1.62. The van der Waals surface area contributed by atoms with E-state index in [1.165, 1.54) is 0 Å². The van der Waals surface area contributed by atoms with Gasteiger partial charge in [0.1, 0.15) is 5.75 Å². The van der Waals surface area contributed by atoms with Crippen molar-refractivity contribution >= 4 is 56.9 Å². The van der Waals surface area contributed by atoms with E-state index >= 15 is 0 Å². The molecule has 3 aromatic carbocycles. The Morgan fingerprint density at radius 3 is 2.33 bits per heavy atom. The quantitative estimate of drug-likeness (QED) is 0.294. The molecule has 0 aliphatic carbocycles. The van der Waals surface area contributed by atoms with Crippen LogP contribution in [0.3, 0.4) is 0 Å². The molecule has 1 aromatic heterocycles. The van der Waals surface area contributed by atoms with Crippen molar-refractivity contribution in [3.63, 3.8) is 0 Å². The number of hydrogen-bond acceptors (Lipinski definition) is 3. The van der Waals surface area contributed by atoms with Crippen LogP contribution in [-0.2, 0) is 6.42 Å². The normalized spacial score (nSPS) is 10.9. The number of nitrogens with one attached hydrogen (secondary N) is 1. The monoisotopic (exact) mass is 572 g/mol. The highest BCUT2D eigenvalue weighted by atomic mass is 127. The number of amides is 1. The highest BCUT2D eigenvalue weighted by Crippen LogP contribution is 2.30. The first-order chi connectivity index (χ1) is 15.9. The molecule has 4 aromatic rings. The predicted molar refractivity (Wildman–Crippen MR) is 140 cm³/mol. The van der Waals surface area contributed by atoms with Gasteiger partial charge in [-0.3, -0.25) is 14.2 Å². The number of methoxy groups -OCH3 is 1. The molecule has 0 unspecified atom stereocenters. The molecule has 0 radical (unpaired) electrons. The third kappa shape index (κ3) is 4.91. The van der Waals surface area contributed by atoms with Gasteiger partial charge >= 0.3 is 0 Å². The number of carbonyl (C=O) groups is 2. The van der Waals surface area contributed by atoms with Crippen LogP contribution in [-0.4, -0.2) is 30.0 Å². The van der Waals surface area contributed by atoms with Crippen molar-refractivity contribution in [3.05, 3.63) is 97.7 Å². The number of nitrogens with zero attached hydrogens (tertiary/aromatic N) is 1. The molecule has 0 aliphatic heterocycles. The van der Waals surface area contributed by atoms with Crippen LogP contribution in [0.1, 0.15) is 32.0 Å². The molecule has 0 aliphatic rings. The molecule has 0 spiro atoms. The number of carbonyl (C=O) groups excluding carboxylic acids is 2. The number of halogens is 2. The van der Waals surface area contributed by atoms with Gasteiger partial charge in [-0.05, 0) is 108 Å². The van der Waals surface area contributed by atoms with Crippen LogP contribution in [0.4, 0.5) is 0 Å². The van der Waals surface area contributed by atoms with Crippen molar-refractivity contribution in [2.45, 2.75) is 13.3 Å². The largest absolute Gasteiger partial charge is 0.497 e. The van der Waals surface area contributed by atoms with Gasteiger partial charge in [0.15, 0.2) is 0 Å². The van der Waals surface area contributed by atoms with Crippen molar-refractivity contribution in [1.29, 1.82) is 0 Å². The summed E-state index contributed by atoms with van der Waals surface area (Å²) >= 11 is 8.20. The van der Waals surface area contributed by atoms with E-state index < -0.39 is 0 Å². The maximum absolute atomic E-state index is 13.4. The van der Waals surface area contributed by atoms with Gasteiger partial charge in [0.05, 0.1) is 12.6 Å². The molecule has 1 N–H and O–H groups in total. The average Bonchev–Trinajstić information content (AvgIpc) is 3.10. The molecular weight excluding hydrogens is 551 g/mol. The van der Waals surface area contributed by atoms with Gasteiger partial charge in [-0.25, -0.2) is 0 Å². The number of aromatic nitrogens is 1. The van der Waals surface area contributed by atoms with Gasteiger partial charge in [-0.2, -0.15) is 0 Å². The summed E-state index contributed by atoms with van der Waals surface area (Å²) < 4.78 is 8.21. The van der Waals surface area contributed by atoms with E-state index in [0.717, 1.165) is 25.7 Å². The lowest BCUT2D eigenvalue weighted by Gasteiger charge is -2.09. The number of fused-ring (bicyclic) bond motifs is 1. The fraction of sp³-hybridized carbons (Fsp3) is 0.154. The molecule has 0 saturated heterocycles. The second kappa shape index (κ2) is 9.97. The summed E-state index contributed by atoms with van der Waals surface area (Å²) in [4.78, 5) is 25.9. The van der Waals surface area contributed by atoms with Crippen LogP contribution < -0.4 is 10.1 Å². The van der Waals surface area contributed by atoms with Crippen LogP contribution in [0.15, 0.2) is 66.7 Å². The van der Waals surface area contributed by atoms with Crippen LogP contribution in [0.2, 0.25) is 5.02 Å². The number of hydrogen-bond donors (Lipinski definition) is 1. The van der Waals surface area contributed by atoms with Crippen molar-refractivity contribution in [1.82, 2.24) is 9.88 Å². The Hall–Kier alpha value is -2.84. The Kier molecular flexibility index (Phi) is 7.05. The molecule has 0 saturated carbocycles. The molecule has 0 fully saturated rings. The van der Waals surface area contributed by atoms with E-state index in [0.29, 0.717) is 34.9 Å². The average molecular weight is 573 g/mol. The Labute approximate surface area is 210 Å². The molecule has 4 rings (SSSR count). The minimum atomic E-state index is -0.131. The maximum atomic E-state index is 13.4. The second-order valence-electron chi connectivity index (χ2n) is 7.61. The summed E-state index contributed by atoms with van der Waals surface area (Å²) in [6, 6.07) is 20.0. The number of rotatable bonds is 6. The lowest BCUT2D eigenvalue weighted by atomic mass is 10.1. The zero-order chi connectivity index (χ0) is 23.5. The zero-order valence-electron chi connectivity index (χ0n) is 18.2. The summed E-state index contributed by atoms with van der Waals surface area (Å²) in [6.07, 6.45) is 0.576. The molecule has 5 nitrogen and oxygen atoms in total. The highest BCUT2D eigenvalue weighted by molar-refractivity contribution is 14.1. The molecule has 168 valence electrons. The molecule has 1 amide bonds. The second-order valence-corrected chi connectivity index (χ2v) is 9.29. The first-order valence-corrected chi connectivity index (χ1v) is 11.9. The molecule has 0 atom stereocenters. The Balaban J connectivity index is 1.65. The van der Waals surface area contributed by atoms with Gasteiger partial charge in [-0.1, -0.05) is 11.6 Å². The van der Waals surface area contributed by atoms with Crippen LogP contribution in [0, 0.1) is 10.5 Å². The Morgan fingerprint density at radius 2 is 1.67 bits per heavy atom. The fourth-order valence-electron chi connectivity index (χ4n) is 3.89. The first kappa shape index (κ1) is 23.3. The smallest absolute Gasteiger partial charge is 0.262 e. The lowest BCUT2D eigenvalue weighted by molar-refractivity contribution is 0.0948. The van der Waals surface area contributed by atoms with Crippen molar-refractivity contribution in [3.8, 4) is 5.75 Å². The molecule has 7 heteroatoms. The van der Waals surface area contributed by atoms with Gasteiger partial charge in [0.2, 0.25) is 0 Å². The van der Waals surface area contributed by atoms with Gasteiger partial charge in [0, 0.05) is 37.3 Å². The van der Waals surface area contributed by atoms with E-state index in [2.05, 4.69) is 27.9 Å². The highest BCUT2D eigenvalue weighted by Gasteiger charge is 2.20. The minimum absolute atomic E-state index is 0.123. The molecule has 1 heterocycles. The summed E-state index contributed by atoms with van der Waals surface area (Å²) in [5, 5.41) is 4.49. The van der Waals surface area contributed by atoms with Crippen LogP contribution >= 0.6 is 34.2 Å². The van der Waals surface area contributed by atoms with Crippen LogP contribution in [0.5, 0.6) is 5.75 Å². The maximum Gasteiger partial charge on any atom is 0.262 e. The SMILES string of the molecule is COc1ccc2c(c1)c(CCNC(=O)c1ccc(I)cc1)c(C)n2C(=O)c1ccc(Cl)cc1. The fourth-order valence-corrected chi connectivity index (χ4v) is 4.38. The minimum Gasteiger partial charge on any atom is -0.497 e. The Bertz CT molecular complexity index is 1330. The zero-order valence-corrected chi connectivity index (χ0v) is 21.1. The number of benzene rings is 3. The van der Waals surface area contributed by atoms with Gasteiger partial charge in [-0.15, -0.1) is 0 Å². The lowest BCUT2D eigenvalue weighted by Crippen LogP contribution is -2.25. The summed E-state index contributed by atoms with van der Waals surface area (Å²) in [5.41, 5.74) is 3.80. The Morgan fingerprint density at radius 1 is 1.00 bits per heavy atom. The topological polar surface area (TPSA) is 60.3 Å². The van der Waals surface area contributed by atoms with E-state index in [-0.39, 0.29) is 11.8 Å². The molecule has 0 bridgehead atoms. The predicted octanol–water partition coefficient (Wildman–Crippen LogP) is 5.88. The molecule has 33 heavy (non-hydrogen) atoms. The van der Waals surface area contributed by atoms with Crippen molar-refractivity contribution < 1.29 is 14.3 Å². The standard InChI is InChI=1S/C26H22ClIN2O3/c1-16-22(13-14-29-25(31)17-5-9-20(28)10-6-17)23-15-21(33-2)11-12-24(23)30(16)26(32)18-3-7-19(27)8-4-18/h3-12,15H,13-14H2,1-2H3,(H,29,31). The number of ether oxygens (including phenoxy) is 1. The van der Waals surface area contributed by atoms with E-state index in [1.54, 1.807) is 35.9 Å². The van der Waals surface area contributed by atoms with Gasteiger partial charge < -0.3 is 10.1 Å². The third-order valence-electron chi connectivity index (χ3n) is 5.60. The molecular formula is C26H22ClIN2O3. The van der Waals surface area contributed by atoms with Crippen molar-refractivity contribution in [2.24, 2.45) is 0 Å². The third-order valence-corrected chi connectivity index (χ3v) is 6.57. The first-order valence-electron chi connectivity index (χ1n) is 10.4. The van der Waals surface area contributed by atoms with Crippen molar-refractivity contribution in [2.75, 3.05) is 13.7 Å². The van der Waals surface area contributed by atoms with E-state index in [1.807, 2.05) is 49.4 Å². The van der Waals surface area contributed by atoms with E-state index in [4.69, 9.17) is 16.3 Å². The van der Waals surface area contributed by atoms with Gasteiger partial charge in [0.25, 0.3) is 11.8 Å². The summed E-state index contributed by atoms with van der Waals surface area (Å²) in [5.74, 6) is 0.457. The van der Waals surface area contributed by atoms with Crippen LogP contribution in [0.25, 0.3) is 10.9 Å².